The predicted octanol–water partition coefficient (Wildman–Crippen LogP) is 3.50. The van der Waals surface area contributed by atoms with E-state index < -0.39 is 18.6 Å². The van der Waals surface area contributed by atoms with Gasteiger partial charge in [0.2, 0.25) is 0 Å². The number of carbonyl (C=O) groups is 2. The lowest BCUT2D eigenvalue weighted by molar-refractivity contribution is -0.123. The van der Waals surface area contributed by atoms with Gasteiger partial charge in [-0.25, -0.2) is 4.79 Å². The molecule has 0 aliphatic carbocycles. The molecule has 0 bridgehead atoms. The van der Waals surface area contributed by atoms with Crippen LogP contribution < -0.4 is 10.6 Å². The Kier molecular flexibility index (Phi) is 6.61. The lowest BCUT2D eigenvalue weighted by Crippen LogP contribution is -2.50. The maximum Gasteiger partial charge on any atom is 0.405 e. The summed E-state index contributed by atoms with van der Waals surface area (Å²) < 4.78 is 36.7. The van der Waals surface area contributed by atoms with Crippen LogP contribution >= 0.6 is 0 Å². The van der Waals surface area contributed by atoms with Gasteiger partial charge in [0, 0.05) is 30.9 Å². The minimum atomic E-state index is -4.47. The summed E-state index contributed by atoms with van der Waals surface area (Å²) in [5.74, 6) is -0.826. The lowest BCUT2D eigenvalue weighted by Gasteiger charge is -2.40. The Hall–Kier alpha value is -3.07. The number of hydrogen-bond acceptors (Lipinski definition) is 3. The van der Waals surface area contributed by atoms with Crippen LogP contribution in [0.4, 0.5) is 23.7 Å². The highest BCUT2D eigenvalue weighted by Crippen LogP contribution is 2.25. The number of nitrogens with zero attached hydrogens (tertiary/aromatic N) is 2. The van der Waals surface area contributed by atoms with Crippen molar-refractivity contribution in [1.29, 1.82) is 0 Å². The Balaban J connectivity index is 1.65. The molecule has 1 saturated heterocycles. The van der Waals surface area contributed by atoms with E-state index in [1.807, 2.05) is 42.7 Å². The zero-order valence-corrected chi connectivity index (χ0v) is 16.4. The number of anilines is 1. The van der Waals surface area contributed by atoms with Gasteiger partial charge in [0.1, 0.15) is 6.54 Å². The number of nitrogens with one attached hydrogen (secondary N) is 2. The smallest absolute Gasteiger partial charge is 0.343 e. The Bertz CT molecular complexity index is 872. The highest BCUT2D eigenvalue weighted by molar-refractivity contribution is 5.95. The number of amides is 3. The van der Waals surface area contributed by atoms with Gasteiger partial charge < -0.3 is 20.4 Å². The summed E-state index contributed by atoms with van der Waals surface area (Å²) in [7, 11) is 2.01. The molecule has 30 heavy (non-hydrogen) atoms. The molecule has 160 valence electrons. The third-order valence-electron chi connectivity index (χ3n) is 4.88. The number of benzene rings is 2. The number of rotatable bonds is 4. The van der Waals surface area contributed by atoms with Crippen molar-refractivity contribution in [3.63, 3.8) is 0 Å². The van der Waals surface area contributed by atoms with Gasteiger partial charge in [-0.15, -0.1) is 0 Å². The second kappa shape index (κ2) is 9.17. The van der Waals surface area contributed by atoms with Crippen LogP contribution in [0.2, 0.25) is 0 Å². The van der Waals surface area contributed by atoms with E-state index in [1.165, 1.54) is 24.3 Å². The van der Waals surface area contributed by atoms with Crippen molar-refractivity contribution >= 4 is 17.6 Å². The van der Waals surface area contributed by atoms with Gasteiger partial charge in [-0.1, -0.05) is 30.3 Å². The molecule has 3 amide bonds. The molecule has 1 fully saturated rings. The third kappa shape index (κ3) is 5.73. The number of halogens is 3. The number of hydrogen-bond donors (Lipinski definition) is 2. The summed E-state index contributed by atoms with van der Waals surface area (Å²) in [4.78, 5) is 28.6. The molecule has 1 heterocycles. The van der Waals surface area contributed by atoms with Crippen LogP contribution in [-0.2, 0) is 0 Å². The Morgan fingerprint density at radius 3 is 2.33 bits per heavy atom. The highest BCUT2D eigenvalue weighted by atomic mass is 19.4. The van der Waals surface area contributed by atoms with Crippen molar-refractivity contribution < 1.29 is 22.8 Å². The van der Waals surface area contributed by atoms with Crippen LogP contribution in [0, 0.1) is 0 Å². The molecule has 3 rings (SSSR count). The second-order valence-electron chi connectivity index (χ2n) is 7.19. The summed E-state index contributed by atoms with van der Waals surface area (Å²) in [6.07, 6.45) is -4.47. The van der Waals surface area contributed by atoms with E-state index >= 15 is 0 Å². The van der Waals surface area contributed by atoms with Gasteiger partial charge in [0.05, 0.1) is 6.04 Å². The van der Waals surface area contributed by atoms with E-state index in [0.717, 1.165) is 12.1 Å². The van der Waals surface area contributed by atoms with Gasteiger partial charge >= 0.3 is 12.2 Å². The van der Waals surface area contributed by atoms with Crippen molar-refractivity contribution in [3.05, 3.63) is 65.7 Å². The zero-order chi connectivity index (χ0) is 21.7. The second-order valence-corrected chi connectivity index (χ2v) is 7.19. The van der Waals surface area contributed by atoms with Gasteiger partial charge in [-0.2, -0.15) is 13.2 Å². The quantitative estimate of drug-likeness (QED) is 0.796. The first kappa shape index (κ1) is 21.6. The van der Waals surface area contributed by atoms with E-state index in [9.17, 15) is 22.8 Å². The maximum atomic E-state index is 12.9. The van der Waals surface area contributed by atoms with Crippen LogP contribution in [0.5, 0.6) is 0 Å². The van der Waals surface area contributed by atoms with Gasteiger partial charge in [0.15, 0.2) is 0 Å². The first-order valence-corrected chi connectivity index (χ1v) is 9.49. The molecule has 0 aromatic heterocycles. The normalized spacial score (nSPS) is 17.5. The molecular formula is C21H23F3N4O2. The van der Waals surface area contributed by atoms with Crippen LogP contribution in [0.15, 0.2) is 54.6 Å². The van der Waals surface area contributed by atoms with Crippen molar-refractivity contribution in [2.24, 2.45) is 0 Å². The fraction of sp³-hybridized carbons (Fsp3) is 0.333. The van der Waals surface area contributed by atoms with Crippen molar-refractivity contribution in [1.82, 2.24) is 15.1 Å². The molecule has 2 aromatic rings. The van der Waals surface area contributed by atoms with Gasteiger partial charge in [-0.3, -0.25) is 4.79 Å². The van der Waals surface area contributed by atoms with E-state index in [2.05, 4.69) is 10.2 Å². The summed E-state index contributed by atoms with van der Waals surface area (Å²) in [5.41, 5.74) is 1.58. The Morgan fingerprint density at radius 2 is 1.70 bits per heavy atom. The molecule has 1 atom stereocenters. The molecule has 0 radical (unpaired) electrons. The van der Waals surface area contributed by atoms with Crippen molar-refractivity contribution in [2.75, 3.05) is 38.5 Å². The number of alkyl halides is 3. The summed E-state index contributed by atoms with van der Waals surface area (Å²) in [5, 5.41) is 4.62. The molecule has 0 saturated carbocycles. The van der Waals surface area contributed by atoms with Gasteiger partial charge in [0.25, 0.3) is 5.91 Å². The highest BCUT2D eigenvalue weighted by Gasteiger charge is 2.30. The van der Waals surface area contributed by atoms with Gasteiger partial charge in [-0.05, 0) is 36.9 Å². The molecule has 6 nitrogen and oxygen atoms in total. The minimum Gasteiger partial charge on any atom is -0.343 e. The Morgan fingerprint density at radius 1 is 1.03 bits per heavy atom. The standard InChI is InChI=1S/C21H23F3N4O2/c1-27-11-12-28(18(13-27)15-5-3-2-4-6-15)20(30)26-17-9-7-16(8-10-17)19(29)25-14-21(22,23)24/h2-10,18H,11-14H2,1H3,(H,25,29)(H,26,30)/t18-/m1/s1. The summed E-state index contributed by atoms with van der Waals surface area (Å²) >= 11 is 0. The number of carbonyl (C=O) groups excluding carboxylic acids is 2. The maximum absolute atomic E-state index is 12.9. The first-order chi connectivity index (χ1) is 14.2. The van der Waals surface area contributed by atoms with E-state index in [-0.39, 0.29) is 17.6 Å². The van der Waals surface area contributed by atoms with Crippen LogP contribution in [0.1, 0.15) is 22.0 Å². The summed E-state index contributed by atoms with van der Waals surface area (Å²) in [6, 6.07) is 15.1. The largest absolute Gasteiger partial charge is 0.405 e. The van der Waals surface area contributed by atoms with E-state index in [4.69, 9.17) is 0 Å². The fourth-order valence-corrected chi connectivity index (χ4v) is 3.31. The monoisotopic (exact) mass is 420 g/mol. The fourth-order valence-electron chi connectivity index (χ4n) is 3.31. The van der Waals surface area contributed by atoms with Crippen LogP contribution in [-0.4, -0.2) is 61.1 Å². The number of urea groups is 1. The molecule has 1 aliphatic heterocycles. The first-order valence-electron chi connectivity index (χ1n) is 9.49. The predicted molar refractivity (Wildman–Crippen MR) is 107 cm³/mol. The molecule has 0 unspecified atom stereocenters. The SMILES string of the molecule is CN1CCN(C(=O)Nc2ccc(C(=O)NCC(F)(F)F)cc2)[C@@H](c2ccccc2)C1. The molecule has 1 aliphatic rings. The molecule has 2 aromatic carbocycles. The minimum absolute atomic E-state index is 0.0824. The van der Waals surface area contributed by atoms with Crippen molar-refractivity contribution in [2.45, 2.75) is 12.2 Å². The Labute approximate surface area is 172 Å². The third-order valence-corrected chi connectivity index (χ3v) is 4.88. The van der Waals surface area contributed by atoms with Crippen LogP contribution in [0.3, 0.4) is 0 Å². The number of likely N-dealkylation sites (N-methyl/N-ethyl adjacent to an activating group) is 1. The molecular weight excluding hydrogens is 397 g/mol. The summed E-state index contributed by atoms with van der Waals surface area (Å²) in [6.45, 7) is 0.610. The molecule has 2 N–H and O–H groups in total. The molecule has 0 spiro atoms. The van der Waals surface area contributed by atoms with E-state index in [1.54, 1.807) is 4.90 Å². The molecule has 9 heteroatoms. The lowest BCUT2D eigenvalue weighted by atomic mass is 10.0. The number of piperazine rings is 1. The van der Waals surface area contributed by atoms with Crippen molar-refractivity contribution in [3.8, 4) is 0 Å². The zero-order valence-electron chi connectivity index (χ0n) is 16.4. The average molecular weight is 420 g/mol. The van der Waals surface area contributed by atoms with E-state index in [0.29, 0.717) is 18.8 Å². The topological polar surface area (TPSA) is 64.7 Å². The average Bonchev–Trinajstić information content (AvgIpc) is 2.72. The van der Waals surface area contributed by atoms with Crippen LogP contribution in [0.25, 0.3) is 0 Å².